The monoisotopic (exact) mass is 280 g/mol. The maximum atomic E-state index is 12.4. The first-order chi connectivity index (χ1) is 8.85. The molecule has 1 atom stereocenters. The minimum atomic E-state index is -0.662. The van der Waals surface area contributed by atoms with Crippen LogP contribution in [0.3, 0.4) is 0 Å². The molecule has 3 N–H and O–H groups in total. The summed E-state index contributed by atoms with van der Waals surface area (Å²) in [7, 11) is 0. The van der Waals surface area contributed by atoms with Crippen LogP contribution in [-0.2, 0) is 4.79 Å². The average molecular weight is 280 g/mol. The summed E-state index contributed by atoms with van der Waals surface area (Å²) in [5.41, 5.74) is 5.10. The van der Waals surface area contributed by atoms with Crippen molar-refractivity contribution in [3.8, 4) is 0 Å². The highest BCUT2D eigenvalue weighted by molar-refractivity contribution is 7.80. The Kier molecular flexibility index (Phi) is 3.67. The number of furan rings is 1. The SMILES string of the molecule is Cc1ccc(C(C)NC(=O)C2(C(N)=S)CC(C)C2)o1. The second-order valence-electron chi connectivity index (χ2n) is 5.60. The van der Waals surface area contributed by atoms with Crippen LogP contribution in [0.4, 0.5) is 0 Å². The fourth-order valence-electron chi connectivity index (χ4n) is 2.72. The number of aryl methyl sites for hydroxylation is 1. The number of carbonyl (C=O) groups excluding carboxylic acids is 1. The molecule has 1 fully saturated rings. The first-order valence-electron chi connectivity index (χ1n) is 6.52. The summed E-state index contributed by atoms with van der Waals surface area (Å²) in [6.45, 7) is 5.87. The van der Waals surface area contributed by atoms with E-state index in [1.54, 1.807) is 0 Å². The first kappa shape index (κ1) is 14.1. The fraction of sp³-hybridized carbons (Fsp3) is 0.571. The molecule has 1 unspecified atom stereocenters. The lowest BCUT2D eigenvalue weighted by Crippen LogP contribution is -2.56. The molecule has 2 rings (SSSR count). The van der Waals surface area contributed by atoms with E-state index in [1.165, 1.54) is 0 Å². The zero-order valence-electron chi connectivity index (χ0n) is 11.5. The molecule has 0 aliphatic heterocycles. The number of nitrogens with one attached hydrogen (secondary N) is 1. The number of thiocarbonyl (C=S) groups is 1. The fourth-order valence-corrected chi connectivity index (χ4v) is 2.98. The third-order valence-electron chi connectivity index (χ3n) is 3.84. The summed E-state index contributed by atoms with van der Waals surface area (Å²) in [5.74, 6) is 1.99. The van der Waals surface area contributed by atoms with Crippen LogP contribution < -0.4 is 11.1 Å². The third-order valence-corrected chi connectivity index (χ3v) is 4.23. The Hall–Kier alpha value is -1.36. The van der Waals surface area contributed by atoms with Gasteiger partial charge in [0.15, 0.2) is 0 Å². The molecular formula is C14H20N2O2S. The van der Waals surface area contributed by atoms with E-state index < -0.39 is 5.41 Å². The number of hydrogen-bond donors (Lipinski definition) is 2. The Morgan fingerprint density at radius 3 is 2.63 bits per heavy atom. The van der Waals surface area contributed by atoms with Crippen LogP contribution >= 0.6 is 12.2 Å². The molecule has 5 heteroatoms. The van der Waals surface area contributed by atoms with Gasteiger partial charge in [-0.05, 0) is 44.7 Å². The topological polar surface area (TPSA) is 68.3 Å². The Bertz CT molecular complexity index is 503. The number of amides is 1. The van der Waals surface area contributed by atoms with Crippen LogP contribution in [0.2, 0.25) is 0 Å². The van der Waals surface area contributed by atoms with Crippen molar-refractivity contribution >= 4 is 23.1 Å². The van der Waals surface area contributed by atoms with E-state index >= 15 is 0 Å². The summed E-state index contributed by atoms with van der Waals surface area (Å²) in [6, 6.07) is 3.58. The molecule has 0 bridgehead atoms. The van der Waals surface area contributed by atoms with E-state index in [0.29, 0.717) is 10.9 Å². The van der Waals surface area contributed by atoms with Crippen LogP contribution in [0, 0.1) is 18.3 Å². The second kappa shape index (κ2) is 4.96. The molecule has 19 heavy (non-hydrogen) atoms. The maximum Gasteiger partial charge on any atom is 0.233 e. The van der Waals surface area contributed by atoms with E-state index in [2.05, 4.69) is 12.2 Å². The van der Waals surface area contributed by atoms with Crippen molar-refractivity contribution < 1.29 is 9.21 Å². The molecule has 1 saturated carbocycles. The van der Waals surface area contributed by atoms with Crippen LogP contribution in [0.5, 0.6) is 0 Å². The van der Waals surface area contributed by atoms with Crippen LogP contribution in [0.15, 0.2) is 16.5 Å². The van der Waals surface area contributed by atoms with Gasteiger partial charge < -0.3 is 15.5 Å². The molecule has 1 heterocycles. The van der Waals surface area contributed by atoms with Crippen molar-refractivity contribution in [1.29, 1.82) is 0 Å². The van der Waals surface area contributed by atoms with Gasteiger partial charge in [0.1, 0.15) is 11.5 Å². The first-order valence-corrected chi connectivity index (χ1v) is 6.93. The number of nitrogens with two attached hydrogens (primary N) is 1. The molecule has 1 aromatic rings. The normalized spacial score (nSPS) is 27.4. The quantitative estimate of drug-likeness (QED) is 0.831. The van der Waals surface area contributed by atoms with E-state index in [-0.39, 0.29) is 11.9 Å². The number of hydrogen-bond acceptors (Lipinski definition) is 3. The lowest BCUT2D eigenvalue weighted by atomic mass is 9.62. The smallest absolute Gasteiger partial charge is 0.233 e. The number of rotatable bonds is 4. The molecular weight excluding hydrogens is 260 g/mol. The Balaban J connectivity index is 2.06. The van der Waals surface area contributed by atoms with Gasteiger partial charge in [-0.3, -0.25) is 4.79 Å². The molecule has 0 radical (unpaired) electrons. The van der Waals surface area contributed by atoms with Crippen LogP contribution in [0.1, 0.15) is 44.3 Å². The molecule has 0 aromatic carbocycles. The summed E-state index contributed by atoms with van der Waals surface area (Å²) >= 11 is 5.08. The van der Waals surface area contributed by atoms with E-state index in [1.807, 2.05) is 26.0 Å². The molecule has 4 nitrogen and oxygen atoms in total. The Morgan fingerprint density at radius 1 is 1.58 bits per heavy atom. The highest BCUT2D eigenvalue weighted by Gasteiger charge is 2.51. The van der Waals surface area contributed by atoms with Crippen LogP contribution in [0.25, 0.3) is 0 Å². The molecule has 1 amide bonds. The number of carbonyl (C=O) groups is 1. The minimum absolute atomic E-state index is 0.0837. The van der Waals surface area contributed by atoms with Gasteiger partial charge in [0.2, 0.25) is 5.91 Å². The third kappa shape index (κ3) is 2.52. The predicted octanol–water partition coefficient (Wildman–Crippen LogP) is 2.47. The Morgan fingerprint density at radius 2 is 2.21 bits per heavy atom. The highest BCUT2D eigenvalue weighted by atomic mass is 32.1. The summed E-state index contributed by atoms with van der Waals surface area (Å²) in [4.78, 5) is 12.7. The summed E-state index contributed by atoms with van der Waals surface area (Å²) in [6.07, 6.45) is 1.47. The standard InChI is InChI=1S/C14H20N2O2S/c1-8-6-14(7-8,12(15)19)13(17)16-10(3)11-5-4-9(2)18-11/h4-5,8,10H,6-7H2,1-3H3,(H2,15,19)(H,16,17). The van der Waals surface area contributed by atoms with E-state index in [0.717, 1.165) is 24.4 Å². The lowest BCUT2D eigenvalue weighted by Gasteiger charge is -2.44. The summed E-state index contributed by atoms with van der Waals surface area (Å²) < 4.78 is 5.51. The highest BCUT2D eigenvalue weighted by Crippen LogP contribution is 2.46. The summed E-state index contributed by atoms with van der Waals surface area (Å²) in [5, 5.41) is 2.95. The molecule has 1 aliphatic carbocycles. The lowest BCUT2D eigenvalue weighted by molar-refractivity contribution is -0.133. The van der Waals surface area contributed by atoms with Crippen molar-refractivity contribution in [1.82, 2.24) is 5.32 Å². The molecule has 0 saturated heterocycles. The van der Waals surface area contributed by atoms with Crippen molar-refractivity contribution in [2.24, 2.45) is 17.1 Å². The van der Waals surface area contributed by atoms with Gasteiger partial charge in [-0.1, -0.05) is 19.1 Å². The van der Waals surface area contributed by atoms with Crippen molar-refractivity contribution in [2.75, 3.05) is 0 Å². The zero-order valence-corrected chi connectivity index (χ0v) is 12.3. The molecule has 104 valence electrons. The second-order valence-corrected chi connectivity index (χ2v) is 6.04. The van der Waals surface area contributed by atoms with Crippen LogP contribution in [-0.4, -0.2) is 10.9 Å². The average Bonchev–Trinajstić information content (AvgIpc) is 2.70. The van der Waals surface area contributed by atoms with Crippen molar-refractivity contribution in [3.63, 3.8) is 0 Å². The molecule has 1 aromatic heterocycles. The van der Waals surface area contributed by atoms with Crippen molar-refractivity contribution in [3.05, 3.63) is 23.7 Å². The van der Waals surface area contributed by atoms with Gasteiger partial charge >= 0.3 is 0 Å². The zero-order chi connectivity index (χ0) is 14.2. The van der Waals surface area contributed by atoms with Gasteiger partial charge in [-0.15, -0.1) is 0 Å². The largest absolute Gasteiger partial charge is 0.464 e. The minimum Gasteiger partial charge on any atom is -0.464 e. The van der Waals surface area contributed by atoms with E-state index in [4.69, 9.17) is 22.4 Å². The van der Waals surface area contributed by atoms with Gasteiger partial charge in [-0.25, -0.2) is 0 Å². The maximum absolute atomic E-state index is 12.4. The van der Waals surface area contributed by atoms with Crippen molar-refractivity contribution in [2.45, 2.75) is 39.7 Å². The Labute approximate surface area is 118 Å². The van der Waals surface area contributed by atoms with Gasteiger partial charge in [0, 0.05) is 0 Å². The van der Waals surface area contributed by atoms with Gasteiger partial charge in [0.05, 0.1) is 16.4 Å². The van der Waals surface area contributed by atoms with E-state index in [9.17, 15) is 4.79 Å². The molecule has 0 spiro atoms. The van der Waals surface area contributed by atoms with Gasteiger partial charge in [0.25, 0.3) is 0 Å². The van der Waals surface area contributed by atoms with Gasteiger partial charge in [-0.2, -0.15) is 0 Å². The molecule has 1 aliphatic rings. The predicted molar refractivity (Wildman–Crippen MR) is 77.6 cm³/mol.